The van der Waals surface area contributed by atoms with Gasteiger partial charge in [-0.25, -0.2) is 9.67 Å². The minimum absolute atomic E-state index is 0.0237. The Balaban J connectivity index is 1.37. The van der Waals surface area contributed by atoms with Crippen LogP contribution in [0, 0.1) is 0 Å². The van der Waals surface area contributed by atoms with Gasteiger partial charge in [-0.3, -0.25) is 4.79 Å². The first kappa shape index (κ1) is 18.3. The number of aromatic nitrogens is 4. The van der Waals surface area contributed by atoms with E-state index in [-0.39, 0.29) is 10.8 Å². The Labute approximate surface area is 172 Å². The van der Waals surface area contributed by atoms with Crippen molar-refractivity contribution in [3.63, 3.8) is 0 Å². The lowest BCUT2D eigenvalue weighted by Crippen LogP contribution is -2.14. The molecule has 1 fully saturated rings. The fourth-order valence-corrected chi connectivity index (χ4v) is 4.69. The minimum atomic E-state index is -0.0237. The van der Waals surface area contributed by atoms with Gasteiger partial charge in [0.25, 0.3) is 0 Å². The van der Waals surface area contributed by atoms with Crippen LogP contribution >= 0.6 is 11.3 Å². The number of rotatable bonds is 4. The highest BCUT2D eigenvalue weighted by molar-refractivity contribution is 7.16. The fourth-order valence-electron chi connectivity index (χ4n) is 3.90. The third kappa shape index (κ3) is 3.63. The number of hydrogen-bond acceptors (Lipinski definition) is 5. The molecular weight excluding hydrogens is 384 g/mol. The molecule has 0 spiro atoms. The molecule has 0 bridgehead atoms. The van der Waals surface area contributed by atoms with Crippen LogP contribution in [0.15, 0.2) is 53.6 Å². The standard InChI is InChI=1S/C22H22N4O2S/c1-14(16-2-4-19-20(12-16)29-22(27)24-19)18-6-9-26(25-18)21-5-3-17(13-23-21)15-7-10-28-11-8-15/h2-6,9,12-15H,7-8,10-11H2,1H3,(H,24,27). The number of H-pyrrole nitrogens is 1. The van der Waals surface area contributed by atoms with Crippen LogP contribution in [0.4, 0.5) is 0 Å². The Morgan fingerprint density at radius 3 is 2.86 bits per heavy atom. The molecule has 5 rings (SSSR count). The van der Waals surface area contributed by atoms with Gasteiger partial charge in [-0.2, -0.15) is 5.10 Å². The van der Waals surface area contributed by atoms with E-state index in [0.29, 0.717) is 5.92 Å². The third-order valence-electron chi connectivity index (χ3n) is 5.70. The molecule has 3 aromatic heterocycles. The summed E-state index contributed by atoms with van der Waals surface area (Å²) in [7, 11) is 0. The van der Waals surface area contributed by atoms with E-state index in [4.69, 9.17) is 9.84 Å². The molecule has 1 aliphatic heterocycles. The van der Waals surface area contributed by atoms with Crippen molar-refractivity contribution in [1.29, 1.82) is 0 Å². The van der Waals surface area contributed by atoms with E-state index in [0.717, 1.165) is 53.3 Å². The number of fused-ring (bicyclic) bond motifs is 1. The van der Waals surface area contributed by atoms with Gasteiger partial charge in [0.1, 0.15) is 0 Å². The molecule has 4 heterocycles. The maximum Gasteiger partial charge on any atom is 0.305 e. The predicted octanol–water partition coefficient (Wildman–Crippen LogP) is 4.22. The first-order valence-corrected chi connectivity index (χ1v) is 10.7. The summed E-state index contributed by atoms with van der Waals surface area (Å²) in [5.41, 5.74) is 4.27. The molecule has 0 saturated carbocycles. The minimum Gasteiger partial charge on any atom is -0.381 e. The monoisotopic (exact) mass is 406 g/mol. The summed E-state index contributed by atoms with van der Waals surface area (Å²) in [6.45, 7) is 3.79. The number of hydrogen-bond donors (Lipinski definition) is 1. The summed E-state index contributed by atoms with van der Waals surface area (Å²) in [5.74, 6) is 1.48. The van der Waals surface area contributed by atoms with Crippen LogP contribution in [-0.4, -0.2) is 33.0 Å². The van der Waals surface area contributed by atoms with Crippen LogP contribution in [0.3, 0.4) is 0 Å². The summed E-state index contributed by atoms with van der Waals surface area (Å²) in [6.07, 6.45) is 6.04. The van der Waals surface area contributed by atoms with E-state index >= 15 is 0 Å². The van der Waals surface area contributed by atoms with E-state index in [2.05, 4.69) is 35.1 Å². The Hall–Kier alpha value is -2.77. The molecule has 6 nitrogen and oxygen atoms in total. The molecule has 1 unspecified atom stereocenters. The Morgan fingerprint density at radius 1 is 1.21 bits per heavy atom. The topological polar surface area (TPSA) is 72.8 Å². The van der Waals surface area contributed by atoms with Gasteiger partial charge in [-0.05, 0) is 54.2 Å². The molecule has 148 valence electrons. The molecule has 0 aliphatic carbocycles. The van der Waals surface area contributed by atoms with Gasteiger partial charge in [0.2, 0.25) is 0 Å². The Kier molecular flexibility index (Phi) is 4.77. The van der Waals surface area contributed by atoms with Crippen molar-refractivity contribution in [2.45, 2.75) is 31.6 Å². The molecule has 1 atom stereocenters. The van der Waals surface area contributed by atoms with Gasteiger partial charge in [0.15, 0.2) is 5.82 Å². The second kappa shape index (κ2) is 7.57. The van der Waals surface area contributed by atoms with Crippen molar-refractivity contribution in [3.8, 4) is 5.82 Å². The second-order valence-electron chi connectivity index (χ2n) is 7.51. The number of nitrogens with one attached hydrogen (secondary N) is 1. The van der Waals surface area contributed by atoms with Crippen molar-refractivity contribution in [2.24, 2.45) is 0 Å². The maximum absolute atomic E-state index is 11.6. The first-order valence-electron chi connectivity index (χ1n) is 9.90. The lowest BCUT2D eigenvalue weighted by molar-refractivity contribution is 0.0853. The van der Waals surface area contributed by atoms with Crippen molar-refractivity contribution < 1.29 is 4.74 Å². The molecule has 1 saturated heterocycles. The van der Waals surface area contributed by atoms with E-state index < -0.39 is 0 Å². The zero-order valence-corrected chi connectivity index (χ0v) is 17.0. The Bertz CT molecular complexity index is 1190. The highest BCUT2D eigenvalue weighted by Gasteiger charge is 2.17. The molecular formula is C22H22N4O2S. The highest BCUT2D eigenvalue weighted by atomic mass is 32.1. The molecule has 4 aromatic rings. The summed E-state index contributed by atoms with van der Waals surface area (Å²) in [6, 6.07) is 12.3. The predicted molar refractivity (Wildman–Crippen MR) is 114 cm³/mol. The maximum atomic E-state index is 11.6. The number of benzene rings is 1. The van der Waals surface area contributed by atoms with E-state index in [9.17, 15) is 4.79 Å². The van der Waals surface area contributed by atoms with Gasteiger partial charge in [0, 0.05) is 31.5 Å². The number of ether oxygens (including phenoxy) is 1. The molecule has 29 heavy (non-hydrogen) atoms. The van der Waals surface area contributed by atoms with Crippen molar-refractivity contribution in [2.75, 3.05) is 13.2 Å². The molecule has 0 amide bonds. The van der Waals surface area contributed by atoms with Gasteiger partial charge in [-0.15, -0.1) is 0 Å². The Morgan fingerprint density at radius 2 is 2.07 bits per heavy atom. The lowest BCUT2D eigenvalue weighted by atomic mass is 9.93. The summed E-state index contributed by atoms with van der Waals surface area (Å²) in [4.78, 5) is 19.0. The van der Waals surface area contributed by atoms with Gasteiger partial charge in [0.05, 0.1) is 15.9 Å². The smallest absolute Gasteiger partial charge is 0.305 e. The molecule has 7 heteroatoms. The molecule has 1 aromatic carbocycles. The number of thiazole rings is 1. The van der Waals surface area contributed by atoms with Gasteiger partial charge in [-0.1, -0.05) is 30.4 Å². The number of pyridine rings is 1. The van der Waals surface area contributed by atoms with Crippen LogP contribution < -0.4 is 4.87 Å². The highest BCUT2D eigenvalue weighted by Crippen LogP contribution is 2.28. The average Bonchev–Trinajstić information content (AvgIpc) is 3.39. The molecule has 0 radical (unpaired) electrons. The molecule has 1 N–H and O–H groups in total. The van der Waals surface area contributed by atoms with E-state index in [1.54, 1.807) is 0 Å². The van der Waals surface area contributed by atoms with Crippen LogP contribution in [0.2, 0.25) is 0 Å². The fraction of sp³-hybridized carbons (Fsp3) is 0.318. The average molecular weight is 407 g/mol. The zero-order valence-electron chi connectivity index (χ0n) is 16.2. The number of nitrogens with zero attached hydrogens (tertiary/aromatic N) is 3. The van der Waals surface area contributed by atoms with E-state index in [1.165, 1.54) is 16.9 Å². The molecule has 1 aliphatic rings. The van der Waals surface area contributed by atoms with Crippen LogP contribution in [0.25, 0.3) is 16.0 Å². The quantitative estimate of drug-likeness (QED) is 0.551. The van der Waals surface area contributed by atoms with Crippen molar-refractivity contribution >= 4 is 21.6 Å². The summed E-state index contributed by atoms with van der Waals surface area (Å²) in [5, 5.41) is 4.75. The first-order chi connectivity index (χ1) is 14.2. The van der Waals surface area contributed by atoms with Crippen molar-refractivity contribution in [1.82, 2.24) is 19.7 Å². The van der Waals surface area contributed by atoms with Crippen LogP contribution in [-0.2, 0) is 4.74 Å². The SMILES string of the molecule is CC(c1ccc2[nH]c(=O)sc2c1)c1ccn(-c2ccc(C3CCOCC3)cn2)n1. The summed E-state index contributed by atoms with van der Waals surface area (Å²) >= 11 is 1.24. The van der Waals surface area contributed by atoms with Gasteiger partial charge < -0.3 is 9.72 Å². The van der Waals surface area contributed by atoms with E-state index in [1.807, 2.05) is 35.3 Å². The lowest BCUT2D eigenvalue weighted by Gasteiger charge is -2.22. The normalized spacial score (nSPS) is 16.3. The van der Waals surface area contributed by atoms with Gasteiger partial charge >= 0.3 is 4.87 Å². The third-order valence-corrected chi connectivity index (χ3v) is 6.54. The number of aromatic amines is 1. The van der Waals surface area contributed by atoms with Crippen LogP contribution in [0.1, 0.15) is 48.4 Å². The van der Waals surface area contributed by atoms with Crippen LogP contribution in [0.5, 0.6) is 0 Å². The van der Waals surface area contributed by atoms with Crippen molar-refractivity contribution in [3.05, 3.63) is 75.3 Å². The zero-order chi connectivity index (χ0) is 19.8. The second-order valence-corrected chi connectivity index (χ2v) is 8.53. The largest absolute Gasteiger partial charge is 0.381 e. The summed E-state index contributed by atoms with van der Waals surface area (Å²) < 4.78 is 8.25.